The molecule has 0 amide bonds. The monoisotopic (exact) mass is 269 g/mol. The molecule has 0 bridgehead atoms. The minimum absolute atomic E-state index is 0.0231. The van der Waals surface area contributed by atoms with Crippen LogP contribution in [0.5, 0.6) is 0 Å². The molecule has 0 spiro atoms. The molecule has 1 heterocycles. The van der Waals surface area contributed by atoms with E-state index in [-0.39, 0.29) is 10.0 Å². The van der Waals surface area contributed by atoms with Gasteiger partial charge in [0.25, 0.3) is 0 Å². The zero-order valence-corrected chi connectivity index (χ0v) is 8.76. The summed E-state index contributed by atoms with van der Waals surface area (Å²) in [5, 5.41) is 0. The molecule has 1 aromatic rings. The summed E-state index contributed by atoms with van der Waals surface area (Å²) in [5.74, 6) is 0. The van der Waals surface area contributed by atoms with Gasteiger partial charge in [-0.25, -0.2) is 0 Å². The average Bonchev–Trinajstić information content (AvgIpc) is 2.07. The van der Waals surface area contributed by atoms with E-state index in [2.05, 4.69) is 25.7 Å². The van der Waals surface area contributed by atoms with Crippen LogP contribution < -0.4 is 0 Å². The second-order valence-electron chi connectivity index (χ2n) is 2.55. The van der Waals surface area contributed by atoms with Crippen molar-refractivity contribution in [1.82, 2.24) is 4.98 Å². The van der Waals surface area contributed by atoms with Gasteiger partial charge >= 0.3 is 6.18 Å². The van der Waals surface area contributed by atoms with E-state index in [9.17, 15) is 13.2 Å². The first-order valence-electron chi connectivity index (χ1n) is 3.65. The first kappa shape index (κ1) is 11.5. The zero-order valence-electron chi connectivity index (χ0n) is 7.18. The van der Waals surface area contributed by atoms with Crippen LogP contribution in [-0.4, -0.2) is 18.3 Å². The molecule has 0 aromatic carbocycles. The Morgan fingerprint density at radius 1 is 1.50 bits per heavy atom. The summed E-state index contributed by atoms with van der Waals surface area (Å²) in [5.41, 5.74) is 0.0231. The highest BCUT2D eigenvalue weighted by molar-refractivity contribution is 9.10. The number of aromatic nitrogens is 1. The number of alkyl halides is 3. The van der Waals surface area contributed by atoms with Gasteiger partial charge in [0.05, 0.1) is 0 Å². The van der Waals surface area contributed by atoms with E-state index in [0.717, 1.165) is 7.11 Å². The van der Waals surface area contributed by atoms with Crippen LogP contribution in [0, 0.1) is 0 Å². The van der Waals surface area contributed by atoms with Crippen LogP contribution in [0.15, 0.2) is 22.9 Å². The van der Waals surface area contributed by atoms with E-state index in [4.69, 9.17) is 0 Å². The van der Waals surface area contributed by atoms with Gasteiger partial charge in [-0.1, -0.05) is 0 Å². The maximum absolute atomic E-state index is 12.4. The number of methoxy groups -OCH3 is 1. The molecule has 0 saturated heterocycles. The lowest BCUT2D eigenvalue weighted by Crippen LogP contribution is -2.22. The molecule has 0 saturated carbocycles. The van der Waals surface area contributed by atoms with Crippen molar-refractivity contribution in [3.63, 3.8) is 0 Å². The normalized spacial score (nSPS) is 14.1. The maximum Gasteiger partial charge on any atom is 0.418 e. The van der Waals surface area contributed by atoms with Crippen molar-refractivity contribution >= 4 is 15.9 Å². The van der Waals surface area contributed by atoms with Crippen molar-refractivity contribution in [3.8, 4) is 0 Å². The Balaban J connectivity index is 3.08. The van der Waals surface area contributed by atoms with Crippen LogP contribution in [0.25, 0.3) is 0 Å². The molecule has 0 aliphatic rings. The number of halogens is 4. The average molecular weight is 270 g/mol. The van der Waals surface area contributed by atoms with E-state index < -0.39 is 12.3 Å². The fraction of sp³-hybridized carbons (Fsp3) is 0.375. The van der Waals surface area contributed by atoms with Crippen LogP contribution in [0.3, 0.4) is 0 Å². The molecule has 0 aliphatic carbocycles. The van der Waals surface area contributed by atoms with Crippen LogP contribution >= 0.6 is 15.9 Å². The van der Waals surface area contributed by atoms with Gasteiger partial charge in [0.15, 0.2) is 6.10 Å². The van der Waals surface area contributed by atoms with E-state index in [1.807, 2.05) is 0 Å². The molecule has 2 nitrogen and oxygen atoms in total. The number of ether oxygens (including phenoxy) is 1. The van der Waals surface area contributed by atoms with Gasteiger partial charge in [0, 0.05) is 29.5 Å². The quantitative estimate of drug-likeness (QED) is 0.823. The summed E-state index contributed by atoms with van der Waals surface area (Å²) in [6.07, 6.45) is -3.75. The Morgan fingerprint density at radius 2 is 2.14 bits per heavy atom. The second-order valence-corrected chi connectivity index (χ2v) is 3.41. The molecule has 1 atom stereocenters. The summed E-state index contributed by atoms with van der Waals surface area (Å²) < 4.78 is 41.9. The molecular weight excluding hydrogens is 263 g/mol. The highest BCUT2D eigenvalue weighted by Crippen LogP contribution is 2.37. The molecular formula is C8H7BrF3NO. The van der Waals surface area contributed by atoms with Crippen molar-refractivity contribution < 1.29 is 17.9 Å². The lowest BCUT2D eigenvalue weighted by Gasteiger charge is -2.19. The molecule has 1 rings (SSSR count). The van der Waals surface area contributed by atoms with Crippen molar-refractivity contribution in [2.75, 3.05) is 7.11 Å². The third-order valence-corrected chi connectivity index (χ3v) is 2.28. The summed E-state index contributed by atoms with van der Waals surface area (Å²) >= 11 is 2.99. The molecule has 0 aliphatic heterocycles. The fourth-order valence-corrected chi connectivity index (χ4v) is 1.49. The highest BCUT2D eigenvalue weighted by atomic mass is 79.9. The highest BCUT2D eigenvalue weighted by Gasteiger charge is 2.42. The van der Waals surface area contributed by atoms with Crippen molar-refractivity contribution in [3.05, 3.63) is 28.5 Å². The van der Waals surface area contributed by atoms with Crippen LogP contribution in [0.4, 0.5) is 13.2 Å². The topological polar surface area (TPSA) is 22.1 Å². The van der Waals surface area contributed by atoms with Crippen molar-refractivity contribution in [2.24, 2.45) is 0 Å². The minimum atomic E-state index is -4.42. The van der Waals surface area contributed by atoms with E-state index in [1.165, 1.54) is 18.5 Å². The van der Waals surface area contributed by atoms with Crippen molar-refractivity contribution in [1.29, 1.82) is 0 Å². The maximum atomic E-state index is 12.4. The standard InChI is InChI=1S/C8H7BrF3NO/c1-14-7(8(10,11)12)5-2-3-13-4-6(5)9/h2-4,7H,1H3. The van der Waals surface area contributed by atoms with Gasteiger partial charge in [-0.2, -0.15) is 13.2 Å². The number of nitrogens with zero attached hydrogens (tertiary/aromatic N) is 1. The first-order chi connectivity index (χ1) is 6.46. The Kier molecular flexibility index (Phi) is 3.49. The number of rotatable bonds is 2. The molecule has 14 heavy (non-hydrogen) atoms. The largest absolute Gasteiger partial charge is 0.418 e. The molecule has 78 valence electrons. The van der Waals surface area contributed by atoms with Crippen LogP contribution in [0.1, 0.15) is 11.7 Å². The van der Waals surface area contributed by atoms with E-state index in [0.29, 0.717) is 0 Å². The number of hydrogen-bond donors (Lipinski definition) is 0. The zero-order chi connectivity index (χ0) is 10.8. The van der Waals surface area contributed by atoms with Crippen molar-refractivity contribution in [2.45, 2.75) is 12.3 Å². The summed E-state index contributed by atoms with van der Waals surface area (Å²) in [6.45, 7) is 0. The summed E-state index contributed by atoms with van der Waals surface area (Å²) in [6, 6.07) is 1.27. The smallest absolute Gasteiger partial charge is 0.367 e. The first-order valence-corrected chi connectivity index (χ1v) is 4.45. The third kappa shape index (κ3) is 2.45. The molecule has 0 radical (unpaired) electrons. The number of pyridine rings is 1. The third-order valence-electron chi connectivity index (χ3n) is 1.62. The van der Waals surface area contributed by atoms with Gasteiger partial charge in [-0.15, -0.1) is 0 Å². The number of hydrogen-bond acceptors (Lipinski definition) is 2. The van der Waals surface area contributed by atoms with Gasteiger partial charge in [-0.3, -0.25) is 4.98 Å². The van der Waals surface area contributed by atoms with Gasteiger partial charge < -0.3 is 4.74 Å². The van der Waals surface area contributed by atoms with E-state index in [1.54, 1.807) is 0 Å². The summed E-state index contributed by atoms with van der Waals surface area (Å²) in [4.78, 5) is 3.67. The van der Waals surface area contributed by atoms with E-state index >= 15 is 0 Å². The molecule has 0 N–H and O–H groups in total. The van der Waals surface area contributed by atoms with Crippen LogP contribution in [0.2, 0.25) is 0 Å². The SMILES string of the molecule is COC(c1ccncc1Br)C(F)(F)F. The van der Waals surface area contributed by atoms with Gasteiger partial charge in [-0.05, 0) is 22.0 Å². The Morgan fingerprint density at radius 3 is 2.57 bits per heavy atom. The minimum Gasteiger partial charge on any atom is -0.367 e. The van der Waals surface area contributed by atoms with Gasteiger partial charge in [0.1, 0.15) is 0 Å². The Labute approximate surface area is 87.2 Å². The summed E-state index contributed by atoms with van der Waals surface area (Å²) in [7, 11) is 1.02. The lowest BCUT2D eigenvalue weighted by atomic mass is 10.1. The predicted molar refractivity (Wildman–Crippen MR) is 47.7 cm³/mol. The molecule has 0 fully saturated rings. The Bertz CT molecular complexity index is 316. The van der Waals surface area contributed by atoms with Crippen LogP contribution in [-0.2, 0) is 4.74 Å². The molecule has 6 heteroatoms. The molecule has 1 aromatic heterocycles. The second kappa shape index (κ2) is 4.27. The lowest BCUT2D eigenvalue weighted by molar-refractivity contribution is -0.216. The predicted octanol–water partition coefficient (Wildman–Crippen LogP) is 3.09. The van der Waals surface area contributed by atoms with Gasteiger partial charge in [0.2, 0.25) is 0 Å². The molecule has 1 unspecified atom stereocenters. The Hall–Kier alpha value is -0.620. The fourth-order valence-electron chi connectivity index (χ4n) is 1.04.